The highest BCUT2D eigenvalue weighted by atomic mass is 35.5. The monoisotopic (exact) mass is 388 g/mol. The minimum Gasteiger partial charge on any atom is -0.343 e. The molecular formula is C25H25ClN2. The summed E-state index contributed by atoms with van der Waals surface area (Å²) in [4.78, 5) is 4.83. The number of benzene rings is 3. The van der Waals surface area contributed by atoms with Crippen molar-refractivity contribution in [2.75, 3.05) is 6.54 Å². The van der Waals surface area contributed by atoms with Crippen LogP contribution in [0.1, 0.15) is 31.7 Å². The predicted octanol–water partition coefficient (Wildman–Crippen LogP) is 6.59. The zero-order valence-corrected chi connectivity index (χ0v) is 17.0. The molecule has 4 rings (SSSR count). The molecule has 3 heteroatoms. The van der Waals surface area contributed by atoms with Crippen LogP contribution in [0, 0.1) is 0 Å². The summed E-state index contributed by atoms with van der Waals surface area (Å²) in [6.07, 6.45) is 5.71. The molecule has 1 aromatic heterocycles. The van der Waals surface area contributed by atoms with Gasteiger partial charge in [-0.2, -0.15) is 0 Å². The molecule has 0 aliphatic rings. The summed E-state index contributed by atoms with van der Waals surface area (Å²) in [5.41, 5.74) is 2.40. The van der Waals surface area contributed by atoms with Gasteiger partial charge in [0.1, 0.15) is 0 Å². The highest BCUT2D eigenvalue weighted by Gasteiger charge is 2.05. The molecule has 4 aromatic rings. The van der Waals surface area contributed by atoms with Gasteiger partial charge < -0.3 is 4.57 Å². The van der Waals surface area contributed by atoms with Crippen LogP contribution >= 0.6 is 11.6 Å². The van der Waals surface area contributed by atoms with Crippen LogP contribution in [0.5, 0.6) is 0 Å². The minimum atomic E-state index is 0.753. The molecule has 2 nitrogen and oxygen atoms in total. The lowest BCUT2D eigenvalue weighted by Crippen LogP contribution is -2.11. The first-order valence-corrected chi connectivity index (χ1v) is 10.4. The third kappa shape index (κ3) is 4.13. The van der Waals surface area contributed by atoms with Gasteiger partial charge in [-0.1, -0.05) is 67.8 Å². The molecule has 0 aliphatic carbocycles. The number of fused-ring (bicyclic) bond motifs is 2. The lowest BCUT2D eigenvalue weighted by Gasteiger charge is -2.13. The Hall–Kier alpha value is -2.58. The van der Waals surface area contributed by atoms with Crippen molar-refractivity contribution in [1.29, 1.82) is 0 Å². The number of nitrogens with zero attached hydrogens (tertiary/aromatic N) is 2. The Kier molecular flexibility index (Phi) is 5.78. The number of hydrogen-bond donors (Lipinski definition) is 0. The maximum atomic E-state index is 6.33. The number of halogens is 1. The van der Waals surface area contributed by atoms with Gasteiger partial charge in [-0.05, 0) is 53.1 Å². The van der Waals surface area contributed by atoms with Crippen LogP contribution in [0.25, 0.3) is 21.7 Å². The van der Waals surface area contributed by atoms with Gasteiger partial charge in [0.15, 0.2) is 0 Å². The van der Waals surface area contributed by atoms with Crippen molar-refractivity contribution >= 4 is 33.3 Å². The highest BCUT2D eigenvalue weighted by molar-refractivity contribution is 6.31. The molecule has 0 amide bonds. The molecule has 0 saturated carbocycles. The molecular weight excluding hydrogens is 364 g/mol. The number of aromatic nitrogens is 1. The van der Waals surface area contributed by atoms with Crippen molar-refractivity contribution in [1.82, 2.24) is 4.57 Å². The quantitative estimate of drug-likeness (QED) is 0.331. The van der Waals surface area contributed by atoms with Crippen LogP contribution < -0.4 is 5.36 Å². The number of rotatable bonds is 6. The third-order valence-electron chi connectivity index (χ3n) is 5.17. The zero-order chi connectivity index (χ0) is 19.3. The van der Waals surface area contributed by atoms with E-state index >= 15 is 0 Å². The van der Waals surface area contributed by atoms with Gasteiger partial charge in [-0.15, -0.1) is 0 Å². The summed E-state index contributed by atoms with van der Waals surface area (Å²) in [7, 11) is 0. The summed E-state index contributed by atoms with van der Waals surface area (Å²) in [5.74, 6) is 0. The van der Waals surface area contributed by atoms with Crippen LogP contribution in [0.4, 0.5) is 0 Å². The molecule has 0 spiro atoms. The van der Waals surface area contributed by atoms with E-state index in [9.17, 15) is 0 Å². The summed E-state index contributed by atoms with van der Waals surface area (Å²) in [5, 5.41) is 5.50. The second kappa shape index (κ2) is 8.62. The SMILES string of the molecule is CCCCCN=c1ccn(Cc2ccc3ccccc3c2)c2cc(Cl)ccc12. The van der Waals surface area contributed by atoms with Crippen LogP contribution in [-0.4, -0.2) is 11.1 Å². The molecule has 0 fully saturated rings. The summed E-state index contributed by atoms with van der Waals surface area (Å²) in [6.45, 7) is 3.90. The lowest BCUT2D eigenvalue weighted by molar-refractivity contribution is 0.720. The van der Waals surface area contributed by atoms with Crippen molar-refractivity contribution in [3.63, 3.8) is 0 Å². The molecule has 28 heavy (non-hydrogen) atoms. The van der Waals surface area contributed by atoms with Crippen molar-refractivity contribution in [2.45, 2.75) is 32.7 Å². The van der Waals surface area contributed by atoms with Crippen LogP contribution in [0.2, 0.25) is 5.02 Å². The van der Waals surface area contributed by atoms with E-state index in [2.05, 4.69) is 72.3 Å². The van der Waals surface area contributed by atoms with Crippen molar-refractivity contribution in [2.24, 2.45) is 4.99 Å². The fourth-order valence-corrected chi connectivity index (χ4v) is 3.83. The largest absolute Gasteiger partial charge is 0.343 e. The molecule has 0 atom stereocenters. The first-order valence-electron chi connectivity index (χ1n) is 10.0. The van der Waals surface area contributed by atoms with Crippen molar-refractivity contribution in [3.05, 3.63) is 88.9 Å². The maximum Gasteiger partial charge on any atom is 0.0682 e. The first kappa shape index (κ1) is 18.8. The first-order chi connectivity index (χ1) is 13.7. The van der Waals surface area contributed by atoms with Gasteiger partial charge in [0, 0.05) is 29.7 Å². The van der Waals surface area contributed by atoms with E-state index in [1.54, 1.807) is 0 Å². The predicted molar refractivity (Wildman–Crippen MR) is 120 cm³/mol. The Balaban J connectivity index is 1.73. The molecule has 0 radical (unpaired) electrons. The van der Waals surface area contributed by atoms with Gasteiger partial charge >= 0.3 is 0 Å². The molecule has 0 saturated heterocycles. The Labute approximate surface area is 171 Å². The van der Waals surface area contributed by atoms with E-state index in [4.69, 9.17) is 16.6 Å². The lowest BCUT2D eigenvalue weighted by atomic mass is 10.1. The fourth-order valence-electron chi connectivity index (χ4n) is 3.66. The average molecular weight is 389 g/mol. The molecule has 0 bridgehead atoms. The molecule has 0 N–H and O–H groups in total. The minimum absolute atomic E-state index is 0.753. The Bertz CT molecular complexity index is 1170. The van der Waals surface area contributed by atoms with E-state index in [-0.39, 0.29) is 0 Å². The molecule has 1 heterocycles. The smallest absolute Gasteiger partial charge is 0.0682 e. The van der Waals surface area contributed by atoms with Gasteiger partial charge in [0.2, 0.25) is 0 Å². The summed E-state index contributed by atoms with van der Waals surface area (Å²) >= 11 is 6.33. The molecule has 0 aliphatic heterocycles. The molecule has 142 valence electrons. The van der Waals surface area contributed by atoms with Crippen LogP contribution in [0.15, 0.2) is 77.9 Å². The Morgan fingerprint density at radius 2 is 1.75 bits per heavy atom. The average Bonchev–Trinajstić information content (AvgIpc) is 2.72. The van der Waals surface area contributed by atoms with Crippen molar-refractivity contribution in [3.8, 4) is 0 Å². The van der Waals surface area contributed by atoms with Gasteiger partial charge in [0.05, 0.1) is 10.9 Å². The number of hydrogen-bond acceptors (Lipinski definition) is 1. The van der Waals surface area contributed by atoms with Crippen LogP contribution in [0.3, 0.4) is 0 Å². The fraction of sp³-hybridized carbons (Fsp3) is 0.240. The Morgan fingerprint density at radius 1 is 0.893 bits per heavy atom. The standard InChI is InChI=1S/C25H25ClN2/c1-2-3-6-14-27-24-13-15-28(25-17-22(26)11-12-23(24)25)18-19-9-10-20-7-4-5-8-21(20)16-19/h4-5,7-13,15-17H,2-3,6,14,18H2,1H3. The van der Waals surface area contributed by atoms with Crippen LogP contribution in [-0.2, 0) is 6.54 Å². The van der Waals surface area contributed by atoms with E-state index < -0.39 is 0 Å². The van der Waals surface area contributed by atoms with Gasteiger partial charge in [-0.25, -0.2) is 0 Å². The maximum absolute atomic E-state index is 6.33. The van der Waals surface area contributed by atoms with E-state index in [1.807, 2.05) is 12.1 Å². The molecule has 0 unspecified atom stereocenters. The van der Waals surface area contributed by atoms with Crippen molar-refractivity contribution < 1.29 is 0 Å². The third-order valence-corrected chi connectivity index (χ3v) is 5.40. The van der Waals surface area contributed by atoms with Gasteiger partial charge in [0.25, 0.3) is 0 Å². The van der Waals surface area contributed by atoms with E-state index in [0.717, 1.165) is 40.8 Å². The van der Waals surface area contributed by atoms with Gasteiger partial charge in [-0.3, -0.25) is 4.99 Å². The second-order valence-corrected chi connectivity index (χ2v) is 7.70. The summed E-state index contributed by atoms with van der Waals surface area (Å²) < 4.78 is 2.26. The molecule has 3 aromatic carbocycles. The number of unbranched alkanes of at least 4 members (excludes halogenated alkanes) is 2. The summed E-state index contributed by atoms with van der Waals surface area (Å²) in [6, 6.07) is 23.4. The van der Waals surface area contributed by atoms with E-state index in [1.165, 1.54) is 29.2 Å². The Morgan fingerprint density at radius 3 is 2.61 bits per heavy atom. The topological polar surface area (TPSA) is 17.3 Å². The second-order valence-electron chi connectivity index (χ2n) is 7.26. The normalized spacial score (nSPS) is 12.1. The highest BCUT2D eigenvalue weighted by Crippen LogP contribution is 2.20. The number of pyridine rings is 1. The zero-order valence-electron chi connectivity index (χ0n) is 16.2. The van der Waals surface area contributed by atoms with E-state index in [0.29, 0.717) is 0 Å².